The van der Waals surface area contributed by atoms with Crippen LogP contribution in [-0.2, 0) is 6.54 Å². The van der Waals surface area contributed by atoms with Crippen LogP contribution in [0, 0.1) is 0 Å². The number of hydrogen-bond donors (Lipinski definition) is 2. The molecule has 3 aromatic carbocycles. The Labute approximate surface area is 160 Å². The van der Waals surface area contributed by atoms with Crippen molar-refractivity contribution in [2.45, 2.75) is 25.4 Å². The van der Waals surface area contributed by atoms with Gasteiger partial charge in [0, 0.05) is 31.4 Å². The van der Waals surface area contributed by atoms with Crippen LogP contribution in [0.15, 0.2) is 72.8 Å². The molecule has 4 rings (SSSR count). The van der Waals surface area contributed by atoms with Crippen LogP contribution in [-0.4, -0.2) is 30.1 Å². The second kappa shape index (κ2) is 8.23. The van der Waals surface area contributed by atoms with Crippen molar-refractivity contribution >= 4 is 22.5 Å². The molecule has 138 valence electrons. The van der Waals surface area contributed by atoms with Crippen LogP contribution in [0.4, 0.5) is 10.5 Å². The van der Waals surface area contributed by atoms with E-state index in [-0.39, 0.29) is 12.1 Å². The van der Waals surface area contributed by atoms with Gasteiger partial charge in [0.1, 0.15) is 0 Å². The third-order valence-electron chi connectivity index (χ3n) is 5.18. The maximum absolute atomic E-state index is 12.4. The van der Waals surface area contributed by atoms with Gasteiger partial charge in [-0.3, -0.25) is 4.90 Å². The second-order valence-electron chi connectivity index (χ2n) is 7.20. The first-order valence-corrected chi connectivity index (χ1v) is 9.59. The molecule has 4 heteroatoms. The number of amides is 2. The predicted molar refractivity (Wildman–Crippen MR) is 111 cm³/mol. The molecule has 1 fully saturated rings. The molecular formula is C23H25N3O. The van der Waals surface area contributed by atoms with E-state index < -0.39 is 0 Å². The van der Waals surface area contributed by atoms with Crippen LogP contribution in [0.1, 0.15) is 18.4 Å². The number of urea groups is 1. The van der Waals surface area contributed by atoms with Crippen LogP contribution in [0.5, 0.6) is 0 Å². The normalized spacial score (nSPS) is 15.6. The Morgan fingerprint density at radius 3 is 2.37 bits per heavy atom. The number of piperidine rings is 1. The molecular weight excluding hydrogens is 334 g/mol. The number of likely N-dealkylation sites (tertiary alicyclic amines) is 1. The molecule has 0 aromatic heterocycles. The Balaban J connectivity index is 1.26. The Morgan fingerprint density at radius 2 is 1.59 bits per heavy atom. The topological polar surface area (TPSA) is 44.4 Å². The fourth-order valence-corrected chi connectivity index (χ4v) is 3.70. The summed E-state index contributed by atoms with van der Waals surface area (Å²) in [5.74, 6) is 0. The van der Waals surface area contributed by atoms with E-state index in [1.165, 1.54) is 10.9 Å². The Morgan fingerprint density at radius 1 is 0.889 bits per heavy atom. The van der Waals surface area contributed by atoms with Crippen LogP contribution in [0.2, 0.25) is 0 Å². The average molecular weight is 359 g/mol. The minimum atomic E-state index is -0.119. The van der Waals surface area contributed by atoms with Gasteiger partial charge in [-0.1, -0.05) is 60.7 Å². The lowest BCUT2D eigenvalue weighted by molar-refractivity contribution is 0.190. The number of rotatable bonds is 4. The summed E-state index contributed by atoms with van der Waals surface area (Å²) in [6.07, 6.45) is 1.97. The van der Waals surface area contributed by atoms with E-state index in [0.29, 0.717) is 0 Å². The number of carbonyl (C=O) groups is 1. The monoisotopic (exact) mass is 359 g/mol. The van der Waals surface area contributed by atoms with Crippen molar-refractivity contribution in [2.24, 2.45) is 0 Å². The lowest BCUT2D eigenvalue weighted by Crippen LogP contribution is -2.45. The van der Waals surface area contributed by atoms with Gasteiger partial charge < -0.3 is 10.6 Å². The van der Waals surface area contributed by atoms with Crippen LogP contribution >= 0.6 is 0 Å². The van der Waals surface area contributed by atoms with E-state index in [4.69, 9.17) is 0 Å². The summed E-state index contributed by atoms with van der Waals surface area (Å²) in [7, 11) is 0. The summed E-state index contributed by atoms with van der Waals surface area (Å²) in [4.78, 5) is 14.8. The zero-order chi connectivity index (χ0) is 18.5. The maximum atomic E-state index is 12.4. The number of hydrogen-bond acceptors (Lipinski definition) is 2. The highest BCUT2D eigenvalue weighted by Crippen LogP contribution is 2.19. The molecule has 1 heterocycles. The average Bonchev–Trinajstić information content (AvgIpc) is 2.70. The first-order chi connectivity index (χ1) is 13.3. The number of anilines is 1. The molecule has 1 aliphatic heterocycles. The van der Waals surface area contributed by atoms with Gasteiger partial charge in [-0.05, 0) is 41.3 Å². The van der Waals surface area contributed by atoms with Gasteiger partial charge in [0.2, 0.25) is 0 Å². The van der Waals surface area contributed by atoms with Gasteiger partial charge in [-0.25, -0.2) is 4.79 Å². The zero-order valence-corrected chi connectivity index (χ0v) is 15.4. The summed E-state index contributed by atoms with van der Waals surface area (Å²) in [6.45, 7) is 3.00. The number of nitrogens with one attached hydrogen (secondary N) is 2. The lowest BCUT2D eigenvalue weighted by Gasteiger charge is -2.32. The van der Waals surface area contributed by atoms with Gasteiger partial charge >= 0.3 is 6.03 Å². The maximum Gasteiger partial charge on any atom is 0.319 e. The van der Waals surface area contributed by atoms with Crippen LogP contribution < -0.4 is 10.6 Å². The minimum absolute atomic E-state index is 0.119. The molecule has 2 amide bonds. The largest absolute Gasteiger partial charge is 0.335 e. The first kappa shape index (κ1) is 17.6. The SMILES string of the molecule is O=C(Nc1ccc2ccccc2c1)NC1CCN(Cc2ccccc2)CC1. The molecule has 2 N–H and O–H groups in total. The first-order valence-electron chi connectivity index (χ1n) is 9.59. The number of carbonyl (C=O) groups excluding carboxylic acids is 1. The number of nitrogens with zero attached hydrogens (tertiary/aromatic N) is 1. The molecule has 3 aromatic rings. The van der Waals surface area contributed by atoms with E-state index in [0.717, 1.165) is 43.5 Å². The lowest BCUT2D eigenvalue weighted by atomic mass is 10.0. The quantitative estimate of drug-likeness (QED) is 0.713. The van der Waals surface area contributed by atoms with E-state index in [1.54, 1.807) is 0 Å². The standard InChI is InChI=1S/C23H25N3O/c27-23(25-22-11-10-19-8-4-5-9-20(19)16-22)24-21-12-14-26(15-13-21)17-18-6-2-1-3-7-18/h1-11,16,21H,12-15,17H2,(H2,24,25,27). The molecule has 0 saturated carbocycles. The Bertz CT molecular complexity index is 902. The van der Waals surface area contributed by atoms with E-state index in [2.05, 4.69) is 51.9 Å². The molecule has 0 spiro atoms. The van der Waals surface area contributed by atoms with E-state index in [1.807, 2.05) is 36.4 Å². The van der Waals surface area contributed by atoms with Crippen molar-refractivity contribution in [3.63, 3.8) is 0 Å². The van der Waals surface area contributed by atoms with Gasteiger partial charge in [0.25, 0.3) is 0 Å². The van der Waals surface area contributed by atoms with Crippen molar-refractivity contribution in [1.82, 2.24) is 10.2 Å². The number of benzene rings is 3. The fourth-order valence-electron chi connectivity index (χ4n) is 3.70. The van der Waals surface area contributed by atoms with Crippen molar-refractivity contribution in [3.8, 4) is 0 Å². The Kier molecular flexibility index (Phi) is 5.35. The van der Waals surface area contributed by atoms with Gasteiger partial charge in [0.05, 0.1) is 0 Å². The number of fused-ring (bicyclic) bond motifs is 1. The second-order valence-corrected chi connectivity index (χ2v) is 7.20. The zero-order valence-electron chi connectivity index (χ0n) is 15.4. The molecule has 4 nitrogen and oxygen atoms in total. The highest BCUT2D eigenvalue weighted by molar-refractivity contribution is 5.93. The summed E-state index contributed by atoms with van der Waals surface area (Å²) in [5, 5.41) is 8.40. The molecule has 27 heavy (non-hydrogen) atoms. The molecule has 1 aliphatic rings. The van der Waals surface area contributed by atoms with Gasteiger partial charge in [0.15, 0.2) is 0 Å². The predicted octanol–water partition coefficient (Wildman–Crippen LogP) is 4.63. The highest BCUT2D eigenvalue weighted by atomic mass is 16.2. The summed E-state index contributed by atoms with van der Waals surface area (Å²) >= 11 is 0. The Hall–Kier alpha value is -2.85. The molecule has 0 atom stereocenters. The molecule has 0 bridgehead atoms. The van der Waals surface area contributed by atoms with Gasteiger partial charge in [-0.2, -0.15) is 0 Å². The highest BCUT2D eigenvalue weighted by Gasteiger charge is 2.20. The summed E-state index contributed by atoms with van der Waals surface area (Å²) in [6, 6.07) is 24.8. The summed E-state index contributed by atoms with van der Waals surface area (Å²) < 4.78 is 0. The molecule has 0 unspecified atom stereocenters. The van der Waals surface area contributed by atoms with Crippen LogP contribution in [0.25, 0.3) is 10.8 Å². The minimum Gasteiger partial charge on any atom is -0.335 e. The van der Waals surface area contributed by atoms with Crippen LogP contribution in [0.3, 0.4) is 0 Å². The molecule has 0 aliphatic carbocycles. The van der Waals surface area contributed by atoms with Crippen molar-refractivity contribution in [1.29, 1.82) is 0 Å². The smallest absolute Gasteiger partial charge is 0.319 e. The van der Waals surface area contributed by atoms with E-state index >= 15 is 0 Å². The third kappa shape index (κ3) is 4.66. The summed E-state index contributed by atoms with van der Waals surface area (Å²) in [5.41, 5.74) is 2.17. The van der Waals surface area contributed by atoms with E-state index in [9.17, 15) is 4.79 Å². The molecule has 0 radical (unpaired) electrons. The van der Waals surface area contributed by atoms with Crippen molar-refractivity contribution < 1.29 is 4.79 Å². The fraction of sp³-hybridized carbons (Fsp3) is 0.261. The molecule has 1 saturated heterocycles. The third-order valence-corrected chi connectivity index (χ3v) is 5.18. The van der Waals surface area contributed by atoms with Crippen molar-refractivity contribution in [3.05, 3.63) is 78.4 Å². The van der Waals surface area contributed by atoms with Crippen molar-refractivity contribution in [2.75, 3.05) is 18.4 Å². The van der Waals surface area contributed by atoms with Gasteiger partial charge in [-0.15, -0.1) is 0 Å².